The number of aromatic amines is 1. The highest BCUT2D eigenvalue weighted by molar-refractivity contribution is 5.95. The lowest BCUT2D eigenvalue weighted by molar-refractivity contribution is -0.144. The quantitative estimate of drug-likeness (QED) is 0.482. The Labute approximate surface area is 185 Å². The molecular weight excluding hydrogens is 406 g/mol. The molecule has 0 aliphatic carbocycles. The van der Waals surface area contributed by atoms with Crippen molar-refractivity contribution in [3.63, 3.8) is 0 Å². The second kappa shape index (κ2) is 8.57. The van der Waals surface area contributed by atoms with Crippen molar-refractivity contribution in [1.29, 1.82) is 0 Å². The molecule has 0 bridgehead atoms. The van der Waals surface area contributed by atoms with Crippen molar-refractivity contribution >= 4 is 16.9 Å². The van der Waals surface area contributed by atoms with Crippen LogP contribution in [0.4, 0.5) is 0 Å². The lowest BCUT2D eigenvalue weighted by atomic mass is 9.97. The Morgan fingerprint density at radius 1 is 1.06 bits per heavy atom. The minimum Gasteiger partial charge on any atom is -0.480 e. The average Bonchev–Trinajstić information content (AvgIpc) is 3.39. The molecule has 2 N–H and O–H groups in total. The van der Waals surface area contributed by atoms with Gasteiger partial charge in [0, 0.05) is 49.2 Å². The van der Waals surface area contributed by atoms with Crippen LogP contribution in [0.2, 0.25) is 0 Å². The summed E-state index contributed by atoms with van der Waals surface area (Å²) >= 11 is 0. The third-order valence-corrected chi connectivity index (χ3v) is 6.21. The first-order valence-corrected chi connectivity index (χ1v) is 10.7. The lowest BCUT2D eigenvalue weighted by Gasteiger charge is -2.37. The Balaban J connectivity index is 1.46. The molecule has 2 aromatic carbocycles. The average molecular weight is 431 g/mol. The Morgan fingerprint density at radius 3 is 2.47 bits per heavy atom. The number of hydrogen-bond donors (Lipinski definition) is 2. The number of piperazine rings is 1. The molecule has 1 aliphatic heterocycles. The van der Waals surface area contributed by atoms with Gasteiger partial charge < -0.3 is 10.1 Å². The van der Waals surface area contributed by atoms with Crippen LogP contribution in [0.5, 0.6) is 0 Å². The molecule has 8 nitrogen and oxygen atoms in total. The molecule has 1 fully saturated rings. The van der Waals surface area contributed by atoms with E-state index in [4.69, 9.17) is 4.63 Å². The maximum absolute atomic E-state index is 12.6. The fraction of sp³-hybridized carbons (Fsp3) is 0.292. The maximum Gasteiger partial charge on any atom is 0.325 e. The van der Waals surface area contributed by atoms with E-state index in [0.29, 0.717) is 19.6 Å². The van der Waals surface area contributed by atoms with Gasteiger partial charge in [-0.3, -0.25) is 14.6 Å². The van der Waals surface area contributed by atoms with E-state index in [9.17, 15) is 9.90 Å². The molecule has 5 rings (SSSR count). The normalized spacial score (nSPS) is 16.4. The molecule has 2 aromatic heterocycles. The first kappa shape index (κ1) is 20.4. The smallest absolute Gasteiger partial charge is 0.325 e. The van der Waals surface area contributed by atoms with Gasteiger partial charge in [-0.1, -0.05) is 58.8 Å². The van der Waals surface area contributed by atoms with E-state index in [1.54, 1.807) is 0 Å². The summed E-state index contributed by atoms with van der Waals surface area (Å²) < 4.78 is 4.80. The SMILES string of the molecule is Cc1nonc1CN1CCN([C@@H](C(=O)O)c2c(-c3ccccc3)[nH]c3ccccc23)CC1. The Hall–Kier alpha value is -3.49. The predicted molar refractivity (Wildman–Crippen MR) is 120 cm³/mol. The number of carbonyl (C=O) groups is 1. The fourth-order valence-electron chi connectivity index (χ4n) is 4.53. The molecule has 1 saturated heterocycles. The van der Waals surface area contributed by atoms with Gasteiger partial charge in [0.25, 0.3) is 0 Å². The van der Waals surface area contributed by atoms with Gasteiger partial charge in [-0.05, 0) is 18.6 Å². The number of rotatable bonds is 6. The van der Waals surface area contributed by atoms with Crippen LogP contribution in [0, 0.1) is 6.92 Å². The molecule has 1 aliphatic rings. The topological polar surface area (TPSA) is 98.5 Å². The monoisotopic (exact) mass is 431 g/mol. The van der Waals surface area contributed by atoms with Gasteiger partial charge >= 0.3 is 5.97 Å². The fourth-order valence-corrected chi connectivity index (χ4v) is 4.53. The van der Waals surface area contributed by atoms with Crippen LogP contribution in [0.15, 0.2) is 59.2 Å². The summed E-state index contributed by atoms with van der Waals surface area (Å²) in [6.45, 7) is 5.33. The number of hydrogen-bond acceptors (Lipinski definition) is 6. The van der Waals surface area contributed by atoms with Gasteiger partial charge in [0.15, 0.2) is 0 Å². The van der Waals surface area contributed by atoms with Gasteiger partial charge in [-0.25, -0.2) is 4.63 Å². The second-order valence-corrected chi connectivity index (χ2v) is 8.17. The first-order valence-electron chi connectivity index (χ1n) is 10.7. The summed E-state index contributed by atoms with van der Waals surface area (Å²) in [5.74, 6) is -0.836. The molecular formula is C24H25N5O3. The van der Waals surface area contributed by atoms with E-state index in [-0.39, 0.29) is 0 Å². The number of nitrogens with zero attached hydrogens (tertiary/aromatic N) is 4. The zero-order chi connectivity index (χ0) is 22.1. The van der Waals surface area contributed by atoms with Crippen LogP contribution in [0.3, 0.4) is 0 Å². The van der Waals surface area contributed by atoms with Gasteiger partial charge in [0.1, 0.15) is 17.4 Å². The summed E-state index contributed by atoms with van der Waals surface area (Å²) in [6, 6.07) is 17.1. The molecule has 0 radical (unpaired) electrons. The number of carboxylic acids is 1. The van der Waals surface area contributed by atoms with Crippen LogP contribution in [-0.2, 0) is 11.3 Å². The number of carboxylic acid groups (broad SMARTS) is 1. The van der Waals surface area contributed by atoms with Gasteiger partial charge in [0.2, 0.25) is 0 Å². The Bertz CT molecular complexity index is 1220. The van der Waals surface area contributed by atoms with E-state index in [0.717, 1.165) is 52.2 Å². The molecule has 0 unspecified atom stereocenters. The summed E-state index contributed by atoms with van der Waals surface area (Å²) in [6.07, 6.45) is 0. The minimum absolute atomic E-state index is 0.648. The largest absolute Gasteiger partial charge is 0.480 e. The zero-order valence-corrected chi connectivity index (χ0v) is 17.9. The van der Waals surface area contributed by atoms with E-state index in [1.807, 2.05) is 61.5 Å². The highest BCUT2D eigenvalue weighted by atomic mass is 16.6. The molecule has 32 heavy (non-hydrogen) atoms. The highest BCUT2D eigenvalue weighted by Gasteiger charge is 2.34. The van der Waals surface area contributed by atoms with Crippen LogP contribution in [-0.4, -0.2) is 62.4 Å². The van der Waals surface area contributed by atoms with Crippen LogP contribution >= 0.6 is 0 Å². The molecule has 3 heterocycles. The number of para-hydroxylation sites is 1. The highest BCUT2D eigenvalue weighted by Crippen LogP contribution is 2.37. The Morgan fingerprint density at radius 2 is 1.78 bits per heavy atom. The van der Waals surface area contributed by atoms with Crippen molar-refractivity contribution in [1.82, 2.24) is 25.1 Å². The molecule has 4 aromatic rings. The van der Waals surface area contributed by atoms with Crippen LogP contribution in [0.25, 0.3) is 22.2 Å². The number of benzene rings is 2. The van der Waals surface area contributed by atoms with Gasteiger partial charge in [-0.2, -0.15) is 0 Å². The summed E-state index contributed by atoms with van der Waals surface area (Å²) in [5.41, 5.74) is 5.24. The van der Waals surface area contributed by atoms with Crippen molar-refractivity contribution in [3.05, 3.63) is 71.5 Å². The summed E-state index contributed by atoms with van der Waals surface area (Å²) in [7, 11) is 0. The van der Waals surface area contributed by atoms with Gasteiger partial charge in [-0.15, -0.1) is 0 Å². The molecule has 0 amide bonds. The van der Waals surface area contributed by atoms with Crippen molar-refractivity contribution in [2.75, 3.05) is 26.2 Å². The van der Waals surface area contributed by atoms with Crippen molar-refractivity contribution in [2.24, 2.45) is 0 Å². The van der Waals surface area contributed by atoms with E-state index in [1.165, 1.54) is 0 Å². The second-order valence-electron chi connectivity index (χ2n) is 8.17. The minimum atomic E-state index is -0.836. The Kier molecular flexibility index (Phi) is 5.46. The molecule has 8 heteroatoms. The number of fused-ring (bicyclic) bond motifs is 1. The number of aryl methyl sites for hydroxylation is 1. The number of nitrogens with one attached hydrogen (secondary N) is 1. The molecule has 0 saturated carbocycles. The molecule has 0 spiro atoms. The number of H-pyrrole nitrogens is 1. The van der Waals surface area contributed by atoms with E-state index >= 15 is 0 Å². The summed E-state index contributed by atoms with van der Waals surface area (Å²) in [4.78, 5) is 20.4. The van der Waals surface area contributed by atoms with E-state index < -0.39 is 12.0 Å². The lowest BCUT2D eigenvalue weighted by Crippen LogP contribution is -2.49. The molecule has 164 valence electrons. The predicted octanol–water partition coefficient (Wildman–Crippen LogP) is 3.47. The molecule has 1 atom stereocenters. The van der Waals surface area contributed by atoms with Gasteiger partial charge in [0.05, 0.1) is 5.69 Å². The van der Waals surface area contributed by atoms with Crippen molar-refractivity contribution < 1.29 is 14.5 Å². The third kappa shape index (κ3) is 3.79. The van der Waals surface area contributed by atoms with Crippen molar-refractivity contribution in [3.8, 4) is 11.3 Å². The van der Waals surface area contributed by atoms with Crippen LogP contribution < -0.4 is 0 Å². The standard InChI is InChI=1S/C24H25N5O3/c1-16-20(27-32-26-16)15-28-11-13-29(14-12-28)23(24(30)31)21-18-9-5-6-10-19(18)25-22(21)17-7-3-2-4-8-17/h2-10,23,25H,11-15H2,1H3,(H,30,31)/t23-/m1/s1. The zero-order valence-electron chi connectivity index (χ0n) is 17.9. The maximum atomic E-state index is 12.6. The third-order valence-electron chi connectivity index (χ3n) is 6.21. The summed E-state index contributed by atoms with van der Waals surface area (Å²) in [5, 5.41) is 19.1. The van der Waals surface area contributed by atoms with Crippen molar-refractivity contribution in [2.45, 2.75) is 19.5 Å². The van der Waals surface area contributed by atoms with Crippen LogP contribution in [0.1, 0.15) is 23.0 Å². The number of aromatic nitrogens is 3. The number of aliphatic carboxylic acids is 1. The van der Waals surface area contributed by atoms with E-state index in [2.05, 4.69) is 25.1 Å². The first-order chi connectivity index (χ1) is 15.6.